The average Bonchev–Trinajstić information content (AvgIpc) is 0.918. The topological polar surface area (TPSA) is 84.8 Å². The molecule has 0 heterocycles. The van der Waals surface area contributed by atoms with Gasteiger partial charge in [0.1, 0.15) is 0 Å². The van der Waals surface area contributed by atoms with Crippen molar-refractivity contribution in [1.82, 2.24) is 6.15 Å². The van der Waals surface area contributed by atoms with Gasteiger partial charge >= 0.3 is 0 Å². The Morgan fingerprint density at radius 2 is 1.60 bits per heavy atom. The summed E-state index contributed by atoms with van der Waals surface area (Å²) in [6.45, 7) is 0. The van der Waals surface area contributed by atoms with Crippen molar-refractivity contribution < 1.29 is 0 Å². The molecule has 0 saturated carbocycles. The van der Waals surface area contributed by atoms with Crippen LogP contribution in [0.25, 0.3) is 0 Å². The molecule has 0 radical (unpaired) electrons. The summed E-state index contributed by atoms with van der Waals surface area (Å²) in [6.07, 6.45) is 1.25. The van der Waals surface area contributed by atoms with Crippen molar-refractivity contribution in [3.05, 3.63) is 0 Å². The van der Waals surface area contributed by atoms with Gasteiger partial charge in [-0.25, -0.2) is 0 Å². The van der Waals surface area contributed by atoms with Crippen molar-refractivity contribution in [1.29, 1.82) is 5.26 Å². The Bertz CT molecular complexity index is 26.4. The molecule has 3 nitrogen and oxygen atoms in total. The van der Waals surface area contributed by atoms with Gasteiger partial charge in [-0.1, -0.05) is 7.43 Å². The molecule has 5 heavy (non-hydrogen) atoms. The monoisotopic (exact) mass is 75.1 g/mol. The summed E-state index contributed by atoms with van der Waals surface area (Å²) in [5.74, 6) is 0. The van der Waals surface area contributed by atoms with Gasteiger partial charge in [0.15, 0.2) is 6.19 Å². The standard InChI is InChI=1S/CH2N2.CH4.H3N/c2-1-3;;/h2H2;1H4;1H3. The zero-order chi connectivity index (χ0) is 2.71. The van der Waals surface area contributed by atoms with Gasteiger partial charge in [0.2, 0.25) is 0 Å². The van der Waals surface area contributed by atoms with E-state index in [0.29, 0.717) is 0 Å². The van der Waals surface area contributed by atoms with E-state index < -0.39 is 0 Å². The summed E-state index contributed by atoms with van der Waals surface area (Å²) in [5.41, 5.74) is 4.15. The maximum Gasteiger partial charge on any atom is 0.173 e. The van der Waals surface area contributed by atoms with Crippen LogP contribution in [-0.2, 0) is 0 Å². The number of hydrogen-bond acceptors (Lipinski definition) is 3. The molecule has 0 aromatic rings. The molecule has 3 heteroatoms. The first-order valence-electron chi connectivity index (χ1n) is 0.512. The summed E-state index contributed by atoms with van der Waals surface area (Å²) in [7, 11) is 0. The van der Waals surface area contributed by atoms with E-state index in [4.69, 9.17) is 5.26 Å². The highest BCUT2D eigenvalue weighted by molar-refractivity contribution is 4.46. The average molecular weight is 75.1 g/mol. The van der Waals surface area contributed by atoms with E-state index in [1.54, 1.807) is 0 Å². The third-order valence-electron chi connectivity index (χ3n) is 0. The molecule has 0 bridgehead atoms. The minimum atomic E-state index is 0. The fourth-order valence-corrected chi connectivity index (χ4v) is 0. The van der Waals surface area contributed by atoms with Gasteiger partial charge in [-0.15, -0.1) is 0 Å². The van der Waals surface area contributed by atoms with Crippen LogP contribution in [0, 0.1) is 11.5 Å². The number of nitrogens with two attached hydrogens (primary N) is 1. The van der Waals surface area contributed by atoms with Gasteiger partial charge in [-0.3, -0.25) is 0 Å². The molecular weight excluding hydrogens is 66.0 g/mol. The second-order valence-corrected chi connectivity index (χ2v) is 0.129. The van der Waals surface area contributed by atoms with Gasteiger partial charge in [0.05, 0.1) is 0 Å². The molecule has 0 fully saturated rings. The van der Waals surface area contributed by atoms with Crippen LogP contribution in [0.15, 0.2) is 0 Å². The van der Waals surface area contributed by atoms with Crippen molar-refractivity contribution in [3.63, 3.8) is 0 Å². The zero-order valence-corrected chi connectivity index (χ0v) is 2.23. The first-order chi connectivity index (χ1) is 1.41. The second kappa shape index (κ2) is 263. The maximum absolute atomic E-state index is 7.10. The van der Waals surface area contributed by atoms with Crippen LogP contribution in [-0.4, -0.2) is 0 Å². The number of rotatable bonds is 0. The van der Waals surface area contributed by atoms with E-state index in [9.17, 15) is 0 Å². The summed E-state index contributed by atoms with van der Waals surface area (Å²) < 4.78 is 0. The lowest BCUT2D eigenvalue weighted by Crippen LogP contribution is -1.69. The van der Waals surface area contributed by atoms with Gasteiger partial charge in [0, 0.05) is 0 Å². The summed E-state index contributed by atoms with van der Waals surface area (Å²) >= 11 is 0. The summed E-state index contributed by atoms with van der Waals surface area (Å²) in [5, 5.41) is 7.10. The predicted molar refractivity (Wildman–Crippen MR) is 21.6 cm³/mol. The van der Waals surface area contributed by atoms with Crippen molar-refractivity contribution in [3.8, 4) is 6.19 Å². The molecular formula is C2H9N3. The Kier molecular flexibility index (Phi) is 1510. The third kappa shape index (κ3) is 9.03. The molecule has 0 saturated heterocycles. The van der Waals surface area contributed by atoms with Crippen molar-refractivity contribution >= 4 is 0 Å². The van der Waals surface area contributed by atoms with Crippen molar-refractivity contribution in [2.24, 2.45) is 5.73 Å². The van der Waals surface area contributed by atoms with Crippen molar-refractivity contribution in [2.75, 3.05) is 0 Å². The largest absolute Gasteiger partial charge is 0.344 e. The van der Waals surface area contributed by atoms with Gasteiger partial charge in [-0.05, 0) is 0 Å². The van der Waals surface area contributed by atoms with E-state index in [-0.39, 0.29) is 13.6 Å². The Balaban J connectivity index is -0.0000000200. The molecule has 0 spiro atoms. The van der Waals surface area contributed by atoms with Crippen LogP contribution in [0.1, 0.15) is 7.43 Å². The fraction of sp³-hybridized carbons (Fsp3) is 0.500. The van der Waals surface area contributed by atoms with Crippen LogP contribution in [0.2, 0.25) is 0 Å². The highest BCUT2D eigenvalue weighted by atomic mass is 14.5. The van der Waals surface area contributed by atoms with Crippen LogP contribution in [0.4, 0.5) is 0 Å². The second-order valence-electron chi connectivity index (χ2n) is 0.129. The molecule has 0 atom stereocenters. The van der Waals surface area contributed by atoms with E-state index >= 15 is 0 Å². The molecule has 32 valence electrons. The normalized spacial score (nSPS) is 1.40. The first kappa shape index (κ1) is 28.7. The van der Waals surface area contributed by atoms with Crippen LogP contribution in [0.5, 0.6) is 0 Å². The molecule has 0 amide bonds. The first-order valence-corrected chi connectivity index (χ1v) is 0.512. The fourth-order valence-electron chi connectivity index (χ4n) is 0. The van der Waals surface area contributed by atoms with E-state index in [2.05, 4.69) is 5.73 Å². The lowest BCUT2D eigenvalue weighted by molar-refractivity contribution is 1.45. The van der Waals surface area contributed by atoms with Gasteiger partial charge in [-0.2, -0.15) is 5.26 Å². The van der Waals surface area contributed by atoms with Crippen LogP contribution < -0.4 is 11.9 Å². The third-order valence-corrected chi connectivity index (χ3v) is 0. The van der Waals surface area contributed by atoms with E-state index in [0.717, 1.165) is 0 Å². The van der Waals surface area contributed by atoms with Crippen molar-refractivity contribution in [2.45, 2.75) is 7.43 Å². The zero-order valence-electron chi connectivity index (χ0n) is 2.23. The van der Waals surface area contributed by atoms with Crippen LogP contribution in [0.3, 0.4) is 0 Å². The van der Waals surface area contributed by atoms with Gasteiger partial charge < -0.3 is 11.9 Å². The maximum atomic E-state index is 7.10. The highest BCUT2D eigenvalue weighted by Crippen LogP contribution is 0.900. The summed E-state index contributed by atoms with van der Waals surface area (Å²) in [4.78, 5) is 0. The van der Waals surface area contributed by atoms with Gasteiger partial charge in [0.25, 0.3) is 0 Å². The molecule has 0 aromatic heterocycles. The predicted octanol–water partition coefficient (Wildman–Crippen LogP) is 0.224. The Morgan fingerprint density at radius 1 is 1.60 bits per heavy atom. The Labute approximate surface area is 32.0 Å². The molecule has 0 aliphatic rings. The molecule has 0 aromatic carbocycles. The minimum Gasteiger partial charge on any atom is -0.344 e. The molecule has 0 unspecified atom stereocenters. The highest BCUT2D eigenvalue weighted by Gasteiger charge is 1.12. The Morgan fingerprint density at radius 3 is 1.60 bits per heavy atom. The molecule has 5 N–H and O–H groups in total. The molecule has 0 aliphatic heterocycles. The molecule has 0 rings (SSSR count). The quantitative estimate of drug-likeness (QED) is 0.319. The van der Waals surface area contributed by atoms with Crippen LogP contribution >= 0.6 is 0 Å². The number of nitriles is 1. The lowest BCUT2D eigenvalue weighted by atomic mass is 11.5. The number of hydrogen-bond donors (Lipinski definition) is 2. The SMILES string of the molecule is C.N.N#CN. The smallest absolute Gasteiger partial charge is 0.173 e. The van der Waals surface area contributed by atoms with E-state index in [1.165, 1.54) is 6.19 Å². The Hall–Kier alpha value is -0.750. The lowest BCUT2D eigenvalue weighted by Gasteiger charge is -1.24. The number of nitrogens with zero attached hydrogens (tertiary/aromatic N) is 1. The van der Waals surface area contributed by atoms with E-state index in [1.807, 2.05) is 0 Å². The molecule has 0 aliphatic carbocycles. The summed E-state index contributed by atoms with van der Waals surface area (Å²) in [6, 6.07) is 0. The minimum absolute atomic E-state index is 0.